The fourth-order valence-corrected chi connectivity index (χ4v) is 5.68. The SMILES string of the molecule is Cc1cc(O)ccc1C(=O)c1sc2cc(O)ccc2c1-c1ccc(-c2nc(N)cs2)cc1. The zero-order valence-electron chi connectivity index (χ0n) is 17.0. The predicted octanol–water partition coefficient (Wildman–Crippen LogP) is 6.22. The summed E-state index contributed by atoms with van der Waals surface area (Å²) in [6.45, 7) is 1.81. The summed E-state index contributed by atoms with van der Waals surface area (Å²) < 4.78 is 0.830. The lowest BCUT2D eigenvalue weighted by Gasteiger charge is -2.08. The van der Waals surface area contributed by atoms with E-state index >= 15 is 0 Å². The van der Waals surface area contributed by atoms with Crippen LogP contribution in [-0.4, -0.2) is 21.0 Å². The summed E-state index contributed by atoms with van der Waals surface area (Å²) in [7, 11) is 0. The first-order valence-corrected chi connectivity index (χ1v) is 11.5. The van der Waals surface area contributed by atoms with Crippen LogP contribution in [0.3, 0.4) is 0 Å². The monoisotopic (exact) mass is 458 g/mol. The maximum absolute atomic E-state index is 13.6. The van der Waals surface area contributed by atoms with Gasteiger partial charge in [0.1, 0.15) is 22.3 Å². The quantitative estimate of drug-likeness (QED) is 0.278. The van der Waals surface area contributed by atoms with Gasteiger partial charge in [0.05, 0.1) is 4.88 Å². The molecule has 158 valence electrons. The molecule has 7 heteroatoms. The number of carbonyl (C=O) groups excluding carboxylic acids is 1. The van der Waals surface area contributed by atoms with Crippen LogP contribution in [0, 0.1) is 6.92 Å². The van der Waals surface area contributed by atoms with Crippen LogP contribution in [-0.2, 0) is 0 Å². The second-order valence-corrected chi connectivity index (χ2v) is 9.38. The van der Waals surface area contributed by atoms with E-state index in [1.807, 2.05) is 30.3 Å². The van der Waals surface area contributed by atoms with Crippen LogP contribution in [0.2, 0.25) is 0 Å². The zero-order valence-corrected chi connectivity index (χ0v) is 18.6. The molecule has 0 unspecified atom stereocenters. The van der Waals surface area contributed by atoms with Crippen molar-refractivity contribution in [3.05, 3.63) is 82.0 Å². The van der Waals surface area contributed by atoms with Crippen LogP contribution < -0.4 is 5.73 Å². The van der Waals surface area contributed by atoms with E-state index in [4.69, 9.17) is 5.73 Å². The number of nitrogen functional groups attached to an aromatic ring is 1. The second kappa shape index (κ2) is 7.78. The Morgan fingerprint density at radius 2 is 1.62 bits per heavy atom. The zero-order chi connectivity index (χ0) is 22.4. The summed E-state index contributed by atoms with van der Waals surface area (Å²) in [4.78, 5) is 18.5. The number of carbonyl (C=O) groups is 1. The predicted molar refractivity (Wildman–Crippen MR) is 131 cm³/mol. The highest BCUT2D eigenvalue weighted by Gasteiger charge is 2.23. The number of nitrogens with two attached hydrogens (primary N) is 1. The first-order chi connectivity index (χ1) is 15.4. The lowest BCUT2D eigenvalue weighted by atomic mass is 9.96. The van der Waals surface area contributed by atoms with Gasteiger partial charge < -0.3 is 15.9 Å². The minimum atomic E-state index is -0.116. The van der Waals surface area contributed by atoms with Crippen molar-refractivity contribution in [1.29, 1.82) is 0 Å². The summed E-state index contributed by atoms with van der Waals surface area (Å²) in [6.07, 6.45) is 0. The van der Waals surface area contributed by atoms with Crippen molar-refractivity contribution in [1.82, 2.24) is 4.98 Å². The van der Waals surface area contributed by atoms with E-state index < -0.39 is 0 Å². The number of aromatic hydroxyl groups is 2. The van der Waals surface area contributed by atoms with E-state index in [0.717, 1.165) is 31.8 Å². The molecule has 5 aromatic rings. The first-order valence-electron chi connectivity index (χ1n) is 9.82. The number of aryl methyl sites for hydroxylation is 1. The highest BCUT2D eigenvalue weighted by Crippen LogP contribution is 2.42. The highest BCUT2D eigenvalue weighted by atomic mass is 32.1. The van der Waals surface area contributed by atoms with Crippen molar-refractivity contribution < 1.29 is 15.0 Å². The van der Waals surface area contributed by atoms with Crippen molar-refractivity contribution in [2.75, 3.05) is 5.73 Å². The molecule has 0 saturated carbocycles. The van der Waals surface area contributed by atoms with Crippen LogP contribution in [0.5, 0.6) is 11.5 Å². The fourth-order valence-electron chi connectivity index (χ4n) is 3.75. The molecule has 4 N–H and O–H groups in total. The average molecular weight is 459 g/mol. The number of ketones is 1. The number of anilines is 1. The number of hydrogen-bond donors (Lipinski definition) is 3. The molecule has 0 fully saturated rings. The fraction of sp³-hybridized carbons (Fsp3) is 0.0400. The minimum Gasteiger partial charge on any atom is -0.508 e. The molecule has 0 aliphatic carbocycles. The van der Waals surface area contributed by atoms with E-state index in [1.165, 1.54) is 28.7 Å². The van der Waals surface area contributed by atoms with Gasteiger partial charge in [0.25, 0.3) is 0 Å². The normalized spacial score (nSPS) is 11.2. The lowest BCUT2D eigenvalue weighted by Crippen LogP contribution is -2.03. The van der Waals surface area contributed by atoms with Gasteiger partial charge in [0.15, 0.2) is 0 Å². The summed E-state index contributed by atoms with van der Waals surface area (Å²) in [5.74, 6) is 0.658. The van der Waals surface area contributed by atoms with Crippen LogP contribution in [0.1, 0.15) is 20.8 Å². The highest BCUT2D eigenvalue weighted by molar-refractivity contribution is 7.21. The van der Waals surface area contributed by atoms with Gasteiger partial charge in [-0.2, -0.15) is 0 Å². The van der Waals surface area contributed by atoms with E-state index in [9.17, 15) is 15.0 Å². The van der Waals surface area contributed by atoms with Gasteiger partial charge in [-0.15, -0.1) is 22.7 Å². The smallest absolute Gasteiger partial charge is 0.203 e. The van der Waals surface area contributed by atoms with Gasteiger partial charge in [0, 0.05) is 32.2 Å². The topological polar surface area (TPSA) is 96.4 Å². The number of phenolic OH excluding ortho intramolecular Hbond substituents is 2. The second-order valence-electron chi connectivity index (χ2n) is 7.47. The number of phenols is 2. The summed E-state index contributed by atoms with van der Waals surface area (Å²) in [6, 6.07) is 17.8. The van der Waals surface area contributed by atoms with E-state index in [0.29, 0.717) is 21.8 Å². The summed E-state index contributed by atoms with van der Waals surface area (Å²) >= 11 is 2.84. The van der Waals surface area contributed by atoms with Crippen molar-refractivity contribution in [3.63, 3.8) is 0 Å². The summed E-state index contributed by atoms with van der Waals surface area (Å²) in [5, 5.41) is 23.3. The van der Waals surface area contributed by atoms with Gasteiger partial charge in [-0.1, -0.05) is 24.3 Å². The number of thiazole rings is 1. The van der Waals surface area contributed by atoms with Crippen LogP contribution >= 0.6 is 22.7 Å². The van der Waals surface area contributed by atoms with Crippen molar-refractivity contribution in [2.24, 2.45) is 0 Å². The van der Waals surface area contributed by atoms with E-state index in [1.54, 1.807) is 36.6 Å². The van der Waals surface area contributed by atoms with Gasteiger partial charge in [-0.3, -0.25) is 4.79 Å². The summed E-state index contributed by atoms with van der Waals surface area (Å²) in [5.41, 5.74) is 9.68. The third-order valence-electron chi connectivity index (χ3n) is 5.28. The molecule has 3 aromatic carbocycles. The molecule has 5 rings (SSSR count). The molecule has 0 aliphatic heterocycles. The number of hydrogen-bond acceptors (Lipinski definition) is 7. The maximum atomic E-state index is 13.6. The van der Waals surface area contributed by atoms with Gasteiger partial charge in [-0.25, -0.2) is 4.98 Å². The Morgan fingerprint density at radius 1 is 0.938 bits per heavy atom. The number of aromatic nitrogens is 1. The molecule has 0 saturated heterocycles. The average Bonchev–Trinajstić information content (AvgIpc) is 3.37. The van der Waals surface area contributed by atoms with Gasteiger partial charge >= 0.3 is 0 Å². The van der Waals surface area contributed by atoms with Crippen molar-refractivity contribution in [3.8, 4) is 33.2 Å². The molecule has 0 aliphatic rings. The number of thiophene rings is 1. The Bertz CT molecular complexity index is 1480. The maximum Gasteiger partial charge on any atom is 0.203 e. The van der Waals surface area contributed by atoms with Crippen LogP contribution in [0.15, 0.2) is 66.0 Å². The molecule has 0 bridgehead atoms. The Labute approximate surface area is 192 Å². The number of nitrogens with zero attached hydrogens (tertiary/aromatic N) is 1. The molecule has 2 heterocycles. The Balaban J connectivity index is 1.67. The molecular weight excluding hydrogens is 440 g/mol. The minimum absolute atomic E-state index is 0.116. The number of fused-ring (bicyclic) bond motifs is 1. The van der Waals surface area contributed by atoms with Crippen LogP contribution in [0.4, 0.5) is 5.82 Å². The molecule has 2 aromatic heterocycles. The van der Waals surface area contributed by atoms with Crippen molar-refractivity contribution >= 4 is 44.4 Å². The molecule has 0 amide bonds. The lowest BCUT2D eigenvalue weighted by molar-refractivity contribution is 0.104. The van der Waals surface area contributed by atoms with Crippen LogP contribution in [0.25, 0.3) is 31.8 Å². The third kappa shape index (κ3) is 3.51. The molecule has 0 spiro atoms. The Morgan fingerprint density at radius 3 is 2.31 bits per heavy atom. The number of rotatable bonds is 4. The number of benzene rings is 3. The van der Waals surface area contributed by atoms with E-state index in [2.05, 4.69) is 4.98 Å². The molecule has 0 atom stereocenters. The molecule has 32 heavy (non-hydrogen) atoms. The standard InChI is InChI=1S/C25H18N2O3S2/c1-13-10-16(28)6-8-18(13)23(30)24-22(19-9-7-17(29)11-20(19)32-24)14-2-4-15(5-3-14)25-27-21(26)12-31-25/h2-12,28-29H,26H2,1H3. The molecule has 0 radical (unpaired) electrons. The van der Waals surface area contributed by atoms with Gasteiger partial charge in [-0.05, 0) is 54.4 Å². The molecular formula is C25H18N2O3S2. The first kappa shape index (κ1) is 20.2. The van der Waals surface area contributed by atoms with Gasteiger partial charge in [0.2, 0.25) is 5.78 Å². The largest absolute Gasteiger partial charge is 0.508 e. The Kier molecular flexibility index (Phi) is 4.92. The van der Waals surface area contributed by atoms with E-state index in [-0.39, 0.29) is 17.3 Å². The third-order valence-corrected chi connectivity index (χ3v) is 7.34. The van der Waals surface area contributed by atoms with Crippen molar-refractivity contribution in [2.45, 2.75) is 6.92 Å². The molecule has 5 nitrogen and oxygen atoms in total. The Hall–Kier alpha value is -3.68.